The number of amides is 1. The first kappa shape index (κ1) is 21.4. The summed E-state index contributed by atoms with van der Waals surface area (Å²) in [5.74, 6) is -0.872. The van der Waals surface area contributed by atoms with Gasteiger partial charge in [0, 0.05) is 30.9 Å². The van der Waals surface area contributed by atoms with Gasteiger partial charge < -0.3 is 14.2 Å². The summed E-state index contributed by atoms with van der Waals surface area (Å²) in [5.41, 5.74) is 3.50. The van der Waals surface area contributed by atoms with Crippen LogP contribution >= 0.6 is 0 Å². The Morgan fingerprint density at radius 1 is 1.14 bits per heavy atom. The van der Waals surface area contributed by atoms with Crippen molar-refractivity contribution >= 4 is 17.7 Å². The standard InChI is InChI=1S/C22H28N2O4/c1-8-28-22(27)19-14(3)18(15(4)23(19)6)20(25)16(5)24(7)21(26)17-12-10-9-11-13(17)2/h9-12,16H,8H2,1-7H3. The molecular weight excluding hydrogens is 356 g/mol. The number of nitrogens with zero attached hydrogens (tertiary/aromatic N) is 2. The van der Waals surface area contributed by atoms with E-state index >= 15 is 0 Å². The molecule has 6 nitrogen and oxygen atoms in total. The van der Waals surface area contributed by atoms with Crippen LogP contribution in [0.3, 0.4) is 0 Å². The minimum absolute atomic E-state index is 0.203. The van der Waals surface area contributed by atoms with Gasteiger partial charge in [-0.15, -0.1) is 0 Å². The molecule has 0 spiro atoms. The molecule has 0 radical (unpaired) electrons. The van der Waals surface area contributed by atoms with Gasteiger partial charge in [-0.25, -0.2) is 4.79 Å². The van der Waals surface area contributed by atoms with Crippen molar-refractivity contribution in [3.8, 4) is 0 Å². The monoisotopic (exact) mass is 384 g/mol. The first-order valence-electron chi connectivity index (χ1n) is 9.33. The Bertz CT molecular complexity index is 927. The van der Waals surface area contributed by atoms with Crippen LogP contribution in [-0.4, -0.2) is 46.8 Å². The minimum atomic E-state index is -0.679. The van der Waals surface area contributed by atoms with Gasteiger partial charge in [0.05, 0.1) is 12.6 Å². The van der Waals surface area contributed by atoms with E-state index in [0.29, 0.717) is 28.1 Å². The zero-order valence-electron chi connectivity index (χ0n) is 17.6. The predicted molar refractivity (Wildman–Crippen MR) is 108 cm³/mol. The van der Waals surface area contributed by atoms with E-state index in [9.17, 15) is 14.4 Å². The number of aromatic nitrogens is 1. The first-order valence-corrected chi connectivity index (χ1v) is 9.33. The Morgan fingerprint density at radius 2 is 1.75 bits per heavy atom. The summed E-state index contributed by atoms with van der Waals surface area (Å²) in [6, 6.07) is 6.61. The van der Waals surface area contributed by atoms with Crippen LogP contribution in [0.25, 0.3) is 0 Å². The summed E-state index contributed by atoms with van der Waals surface area (Å²) in [6.45, 7) is 9.10. The quantitative estimate of drug-likeness (QED) is 0.565. The Balaban J connectivity index is 2.38. The van der Waals surface area contributed by atoms with Crippen molar-refractivity contribution in [2.75, 3.05) is 13.7 Å². The number of carbonyl (C=O) groups excluding carboxylic acids is 3. The summed E-state index contributed by atoms with van der Waals surface area (Å²) in [5, 5.41) is 0. The van der Waals surface area contributed by atoms with E-state index in [1.165, 1.54) is 4.90 Å². The Kier molecular flexibility index (Phi) is 6.44. The smallest absolute Gasteiger partial charge is 0.355 e. The van der Waals surface area contributed by atoms with E-state index in [1.807, 2.05) is 19.1 Å². The second-order valence-electron chi connectivity index (χ2n) is 6.98. The number of carbonyl (C=O) groups is 3. The number of benzene rings is 1. The second-order valence-corrected chi connectivity index (χ2v) is 6.98. The molecule has 1 amide bonds. The topological polar surface area (TPSA) is 68.6 Å². The maximum atomic E-state index is 13.2. The van der Waals surface area contributed by atoms with Crippen molar-refractivity contribution in [1.82, 2.24) is 9.47 Å². The average Bonchev–Trinajstić information content (AvgIpc) is 2.88. The highest BCUT2D eigenvalue weighted by atomic mass is 16.5. The fourth-order valence-electron chi connectivity index (χ4n) is 3.39. The molecule has 0 saturated heterocycles. The highest BCUT2D eigenvalue weighted by Gasteiger charge is 2.31. The van der Waals surface area contributed by atoms with Crippen molar-refractivity contribution < 1.29 is 19.1 Å². The van der Waals surface area contributed by atoms with Gasteiger partial charge in [-0.05, 0) is 51.8 Å². The number of esters is 1. The van der Waals surface area contributed by atoms with Crippen molar-refractivity contribution in [3.63, 3.8) is 0 Å². The molecule has 0 aliphatic rings. The lowest BCUT2D eigenvalue weighted by Gasteiger charge is -2.25. The second kappa shape index (κ2) is 8.42. The molecule has 0 saturated carbocycles. The van der Waals surface area contributed by atoms with Crippen LogP contribution in [0.1, 0.15) is 61.9 Å². The highest BCUT2D eigenvalue weighted by molar-refractivity contribution is 6.07. The molecule has 1 unspecified atom stereocenters. The van der Waals surface area contributed by atoms with Gasteiger partial charge in [0.25, 0.3) is 5.91 Å². The van der Waals surface area contributed by atoms with Crippen molar-refractivity contribution in [1.29, 1.82) is 0 Å². The zero-order valence-corrected chi connectivity index (χ0v) is 17.6. The molecular formula is C22H28N2O4. The van der Waals surface area contributed by atoms with Gasteiger partial charge in [-0.1, -0.05) is 18.2 Å². The third-order valence-corrected chi connectivity index (χ3v) is 5.30. The molecule has 0 aliphatic heterocycles. The third kappa shape index (κ3) is 3.72. The lowest BCUT2D eigenvalue weighted by atomic mass is 9.99. The lowest BCUT2D eigenvalue weighted by Crippen LogP contribution is -2.41. The van der Waals surface area contributed by atoms with Crippen LogP contribution in [0.15, 0.2) is 24.3 Å². The van der Waals surface area contributed by atoms with Crippen LogP contribution in [0.2, 0.25) is 0 Å². The molecule has 2 rings (SSSR count). The maximum absolute atomic E-state index is 13.2. The summed E-state index contributed by atoms with van der Waals surface area (Å²) < 4.78 is 6.80. The molecule has 1 heterocycles. The van der Waals surface area contributed by atoms with E-state index in [4.69, 9.17) is 4.74 Å². The summed E-state index contributed by atoms with van der Waals surface area (Å²) in [4.78, 5) is 39.8. The molecule has 1 aromatic heterocycles. The molecule has 0 fully saturated rings. The third-order valence-electron chi connectivity index (χ3n) is 5.30. The number of ether oxygens (including phenoxy) is 1. The zero-order chi connectivity index (χ0) is 21.2. The number of aryl methyl sites for hydroxylation is 1. The predicted octanol–water partition coefficient (Wildman–Crippen LogP) is 3.47. The molecule has 6 heteroatoms. The largest absolute Gasteiger partial charge is 0.461 e. The van der Waals surface area contributed by atoms with Gasteiger partial charge in [0.1, 0.15) is 5.69 Å². The van der Waals surface area contributed by atoms with Crippen molar-refractivity contribution in [2.45, 2.75) is 40.7 Å². The van der Waals surface area contributed by atoms with Crippen LogP contribution in [0, 0.1) is 20.8 Å². The highest BCUT2D eigenvalue weighted by Crippen LogP contribution is 2.25. The van der Waals surface area contributed by atoms with Crippen molar-refractivity contribution in [2.24, 2.45) is 7.05 Å². The van der Waals surface area contributed by atoms with E-state index < -0.39 is 12.0 Å². The summed E-state index contributed by atoms with van der Waals surface area (Å²) >= 11 is 0. The van der Waals surface area contributed by atoms with Crippen LogP contribution in [-0.2, 0) is 11.8 Å². The molecule has 1 aromatic carbocycles. The number of hydrogen-bond donors (Lipinski definition) is 0. The van der Waals surface area contributed by atoms with E-state index in [2.05, 4.69) is 0 Å². The molecule has 0 N–H and O–H groups in total. The van der Waals surface area contributed by atoms with E-state index in [-0.39, 0.29) is 18.3 Å². The van der Waals surface area contributed by atoms with Crippen molar-refractivity contribution in [3.05, 3.63) is 57.9 Å². The molecule has 1 atom stereocenters. The van der Waals surface area contributed by atoms with E-state index in [0.717, 1.165) is 5.56 Å². The van der Waals surface area contributed by atoms with Gasteiger partial charge in [-0.2, -0.15) is 0 Å². The number of likely N-dealkylation sites (N-methyl/N-ethyl adjacent to an activating group) is 1. The summed E-state index contributed by atoms with van der Waals surface area (Å²) in [6.07, 6.45) is 0. The molecule has 0 bridgehead atoms. The number of rotatable bonds is 6. The van der Waals surface area contributed by atoms with E-state index in [1.54, 1.807) is 58.5 Å². The normalized spacial score (nSPS) is 11.8. The van der Waals surface area contributed by atoms with Crippen LogP contribution in [0.5, 0.6) is 0 Å². The van der Waals surface area contributed by atoms with Gasteiger partial charge in [0.2, 0.25) is 0 Å². The van der Waals surface area contributed by atoms with Gasteiger partial charge in [0.15, 0.2) is 5.78 Å². The Labute approximate surface area is 166 Å². The summed E-state index contributed by atoms with van der Waals surface area (Å²) in [7, 11) is 3.36. The Morgan fingerprint density at radius 3 is 2.32 bits per heavy atom. The van der Waals surface area contributed by atoms with Gasteiger partial charge in [-0.3, -0.25) is 9.59 Å². The first-order chi connectivity index (χ1) is 13.1. The number of Topliss-reactive ketones (excluding diaryl/α,β-unsaturated/α-hetero) is 1. The van der Waals surface area contributed by atoms with Crippen LogP contribution in [0.4, 0.5) is 0 Å². The number of hydrogen-bond acceptors (Lipinski definition) is 4. The fraction of sp³-hybridized carbons (Fsp3) is 0.409. The Hall–Kier alpha value is -2.89. The molecule has 2 aromatic rings. The van der Waals surface area contributed by atoms with Crippen LogP contribution < -0.4 is 0 Å². The molecule has 28 heavy (non-hydrogen) atoms. The van der Waals surface area contributed by atoms with Gasteiger partial charge >= 0.3 is 5.97 Å². The fourth-order valence-corrected chi connectivity index (χ4v) is 3.39. The SMILES string of the molecule is CCOC(=O)c1c(C)c(C(=O)C(C)N(C)C(=O)c2ccccc2C)c(C)n1C. The maximum Gasteiger partial charge on any atom is 0.355 e. The lowest BCUT2D eigenvalue weighted by molar-refractivity contribution is 0.0514. The molecule has 150 valence electrons. The molecule has 0 aliphatic carbocycles. The minimum Gasteiger partial charge on any atom is -0.461 e. The average molecular weight is 384 g/mol. The number of ketones is 1.